The molecule has 0 aliphatic carbocycles. The molecule has 3 heteroatoms. The largest absolute Gasteiger partial charge is 0.388 e. The van der Waals surface area contributed by atoms with Gasteiger partial charge in [0, 0.05) is 11.4 Å². The molecule has 19 heavy (non-hydrogen) atoms. The molecule has 2 aromatic rings. The van der Waals surface area contributed by atoms with Gasteiger partial charge in [0.2, 0.25) is 0 Å². The lowest BCUT2D eigenvalue weighted by Crippen LogP contribution is -2.03. The topological polar surface area (TPSA) is 29.5 Å². The molecule has 3 rings (SSSR count). The lowest BCUT2D eigenvalue weighted by atomic mass is 9.98. The predicted octanol–water partition coefficient (Wildman–Crippen LogP) is 3.65. The minimum atomic E-state index is -0.536. The van der Waals surface area contributed by atoms with Crippen LogP contribution in [0.3, 0.4) is 0 Å². The minimum Gasteiger partial charge on any atom is -0.388 e. The molecule has 98 valence electrons. The zero-order chi connectivity index (χ0) is 13.2. The van der Waals surface area contributed by atoms with E-state index in [9.17, 15) is 5.11 Å². The zero-order valence-corrected chi connectivity index (χ0v) is 11.2. The van der Waals surface area contributed by atoms with E-state index in [2.05, 4.69) is 0 Å². The summed E-state index contributed by atoms with van der Waals surface area (Å²) in [4.78, 5) is 0. The Morgan fingerprint density at radius 1 is 1.11 bits per heavy atom. The van der Waals surface area contributed by atoms with Gasteiger partial charge in [0.1, 0.15) is 0 Å². The van der Waals surface area contributed by atoms with Crippen molar-refractivity contribution in [1.82, 2.24) is 0 Å². The van der Waals surface area contributed by atoms with E-state index < -0.39 is 6.10 Å². The molecule has 0 aromatic heterocycles. The summed E-state index contributed by atoms with van der Waals surface area (Å²) in [7, 11) is 0. The van der Waals surface area contributed by atoms with Crippen molar-refractivity contribution >= 4 is 11.6 Å². The number of rotatable bonds is 3. The molecule has 1 unspecified atom stereocenters. The van der Waals surface area contributed by atoms with Gasteiger partial charge in [-0.15, -0.1) is 0 Å². The highest BCUT2D eigenvalue weighted by Crippen LogP contribution is 2.27. The van der Waals surface area contributed by atoms with Crippen LogP contribution in [0.2, 0.25) is 5.02 Å². The Kier molecular flexibility index (Phi) is 3.56. The minimum absolute atomic E-state index is 0.527. The van der Waals surface area contributed by atoms with Gasteiger partial charge in [-0.05, 0) is 28.3 Å². The molecular formula is C16H15ClO2. The molecule has 0 amide bonds. The Morgan fingerprint density at radius 3 is 2.74 bits per heavy atom. The highest BCUT2D eigenvalue weighted by atomic mass is 35.5. The van der Waals surface area contributed by atoms with Crippen LogP contribution < -0.4 is 0 Å². The number of fused-ring (bicyclic) bond motifs is 1. The third kappa shape index (κ3) is 2.66. The van der Waals surface area contributed by atoms with E-state index >= 15 is 0 Å². The van der Waals surface area contributed by atoms with E-state index in [1.807, 2.05) is 42.5 Å². The van der Waals surface area contributed by atoms with Gasteiger partial charge in [-0.1, -0.05) is 48.0 Å². The fourth-order valence-corrected chi connectivity index (χ4v) is 2.60. The molecule has 0 radical (unpaired) electrons. The average molecular weight is 275 g/mol. The normalized spacial score (nSPS) is 15.3. The lowest BCUT2D eigenvalue weighted by molar-refractivity contribution is 0.134. The molecule has 2 aromatic carbocycles. The molecule has 1 aliphatic heterocycles. The van der Waals surface area contributed by atoms with Crippen LogP contribution in [0.25, 0.3) is 0 Å². The molecular weight excluding hydrogens is 260 g/mol. The number of halogens is 1. The molecule has 1 N–H and O–H groups in total. The smallest absolute Gasteiger partial charge is 0.0831 e. The first-order valence-electron chi connectivity index (χ1n) is 6.35. The van der Waals surface area contributed by atoms with Crippen molar-refractivity contribution < 1.29 is 9.84 Å². The van der Waals surface area contributed by atoms with Crippen molar-refractivity contribution in [2.45, 2.75) is 25.7 Å². The number of hydrogen-bond acceptors (Lipinski definition) is 2. The second-order valence-electron chi connectivity index (χ2n) is 4.83. The molecule has 1 heterocycles. The van der Waals surface area contributed by atoms with Gasteiger partial charge < -0.3 is 9.84 Å². The molecule has 1 aliphatic rings. The van der Waals surface area contributed by atoms with Gasteiger partial charge in [0.25, 0.3) is 0 Å². The first-order chi connectivity index (χ1) is 9.24. The van der Waals surface area contributed by atoms with Crippen LogP contribution in [-0.4, -0.2) is 5.11 Å². The Labute approximate surface area is 117 Å². The molecule has 0 bridgehead atoms. The standard InChI is InChI=1S/C16H15ClO2/c17-15-4-2-1-3-11(15)8-16(18)12-5-6-13-9-19-10-14(13)7-12/h1-7,16,18H,8-10H2. The lowest BCUT2D eigenvalue weighted by Gasteiger charge is -2.13. The Balaban J connectivity index is 1.81. The van der Waals surface area contributed by atoms with Crippen LogP contribution in [0.15, 0.2) is 42.5 Å². The van der Waals surface area contributed by atoms with E-state index in [-0.39, 0.29) is 0 Å². The van der Waals surface area contributed by atoms with Gasteiger partial charge in [-0.2, -0.15) is 0 Å². The molecule has 0 saturated carbocycles. The van der Waals surface area contributed by atoms with Gasteiger partial charge >= 0.3 is 0 Å². The quantitative estimate of drug-likeness (QED) is 0.926. The molecule has 0 spiro atoms. The number of ether oxygens (including phenoxy) is 1. The van der Waals surface area contributed by atoms with Gasteiger partial charge in [-0.3, -0.25) is 0 Å². The zero-order valence-electron chi connectivity index (χ0n) is 10.5. The third-order valence-corrected chi connectivity index (χ3v) is 3.87. The summed E-state index contributed by atoms with van der Waals surface area (Å²) in [5.74, 6) is 0. The highest BCUT2D eigenvalue weighted by Gasteiger charge is 2.15. The highest BCUT2D eigenvalue weighted by molar-refractivity contribution is 6.31. The van der Waals surface area contributed by atoms with E-state index in [1.54, 1.807) is 0 Å². The molecule has 0 fully saturated rings. The van der Waals surface area contributed by atoms with Gasteiger partial charge in [0.15, 0.2) is 0 Å². The fraction of sp³-hybridized carbons (Fsp3) is 0.250. The second kappa shape index (κ2) is 5.33. The van der Waals surface area contributed by atoms with Crippen molar-refractivity contribution in [2.75, 3.05) is 0 Å². The van der Waals surface area contributed by atoms with Crippen molar-refractivity contribution in [3.8, 4) is 0 Å². The second-order valence-corrected chi connectivity index (χ2v) is 5.24. The van der Waals surface area contributed by atoms with E-state index in [4.69, 9.17) is 16.3 Å². The molecule has 2 nitrogen and oxygen atoms in total. The monoisotopic (exact) mass is 274 g/mol. The van der Waals surface area contributed by atoms with E-state index in [1.165, 1.54) is 11.1 Å². The average Bonchev–Trinajstić information content (AvgIpc) is 2.88. The first-order valence-corrected chi connectivity index (χ1v) is 6.73. The summed E-state index contributed by atoms with van der Waals surface area (Å²) >= 11 is 6.12. The summed E-state index contributed by atoms with van der Waals surface area (Å²) in [5.41, 5.74) is 4.28. The number of aliphatic hydroxyl groups is 1. The maximum Gasteiger partial charge on any atom is 0.0831 e. The summed E-state index contributed by atoms with van der Waals surface area (Å²) in [5, 5.41) is 11.0. The number of aliphatic hydroxyl groups excluding tert-OH is 1. The third-order valence-electron chi connectivity index (χ3n) is 3.50. The van der Waals surface area contributed by atoms with Crippen LogP contribution in [-0.2, 0) is 24.4 Å². The van der Waals surface area contributed by atoms with Crippen LogP contribution in [0.5, 0.6) is 0 Å². The first kappa shape index (κ1) is 12.7. The fourth-order valence-electron chi connectivity index (χ4n) is 2.39. The van der Waals surface area contributed by atoms with Crippen LogP contribution >= 0.6 is 11.6 Å². The number of benzene rings is 2. The Morgan fingerprint density at radius 2 is 1.89 bits per heavy atom. The van der Waals surface area contributed by atoms with Crippen molar-refractivity contribution in [2.24, 2.45) is 0 Å². The van der Waals surface area contributed by atoms with Gasteiger partial charge in [-0.25, -0.2) is 0 Å². The molecule has 0 saturated heterocycles. The van der Waals surface area contributed by atoms with Gasteiger partial charge in [0.05, 0.1) is 19.3 Å². The summed E-state index contributed by atoms with van der Waals surface area (Å²) < 4.78 is 5.38. The predicted molar refractivity (Wildman–Crippen MR) is 75.1 cm³/mol. The summed E-state index contributed by atoms with van der Waals surface area (Å²) in [6, 6.07) is 13.7. The number of hydrogen-bond donors (Lipinski definition) is 1. The SMILES string of the molecule is OC(Cc1ccccc1Cl)c1ccc2c(c1)COC2. The van der Waals surface area contributed by atoms with E-state index in [0.29, 0.717) is 24.7 Å². The summed E-state index contributed by atoms with van der Waals surface area (Å²) in [6.45, 7) is 1.32. The summed E-state index contributed by atoms with van der Waals surface area (Å²) in [6.07, 6.45) is -0.00920. The van der Waals surface area contributed by atoms with E-state index in [0.717, 1.165) is 11.1 Å². The maximum absolute atomic E-state index is 10.3. The van der Waals surface area contributed by atoms with Crippen molar-refractivity contribution in [3.63, 3.8) is 0 Å². The molecule has 1 atom stereocenters. The maximum atomic E-state index is 10.3. The van der Waals surface area contributed by atoms with Crippen molar-refractivity contribution in [1.29, 1.82) is 0 Å². The Bertz CT molecular complexity index is 595. The Hall–Kier alpha value is -1.35. The van der Waals surface area contributed by atoms with Crippen LogP contribution in [0, 0.1) is 0 Å². The van der Waals surface area contributed by atoms with Crippen LogP contribution in [0.1, 0.15) is 28.4 Å². The van der Waals surface area contributed by atoms with Crippen LogP contribution in [0.4, 0.5) is 0 Å². The van der Waals surface area contributed by atoms with Crippen molar-refractivity contribution in [3.05, 3.63) is 69.7 Å².